The highest BCUT2D eigenvalue weighted by molar-refractivity contribution is 7.99. The van der Waals surface area contributed by atoms with Gasteiger partial charge in [0, 0.05) is 36.9 Å². The summed E-state index contributed by atoms with van der Waals surface area (Å²) >= 11 is 3.92. The first-order chi connectivity index (χ1) is 14.4. The van der Waals surface area contributed by atoms with Gasteiger partial charge in [-0.3, -0.25) is 0 Å². The van der Waals surface area contributed by atoms with Gasteiger partial charge in [0.1, 0.15) is 0 Å². The molecular formula is C26H17NS2. The SMILES string of the molecule is c1ccc2c(c1)sc1c(-n3c4ccccc4c4c5c(ccc43)CCS5)cccc12. The molecule has 3 heteroatoms. The van der Waals surface area contributed by atoms with E-state index >= 15 is 0 Å². The molecule has 1 aliphatic rings. The van der Waals surface area contributed by atoms with Gasteiger partial charge in [-0.25, -0.2) is 0 Å². The van der Waals surface area contributed by atoms with E-state index < -0.39 is 0 Å². The molecule has 0 aliphatic carbocycles. The summed E-state index contributed by atoms with van der Waals surface area (Å²) in [5.74, 6) is 1.19. The van der Waals surface area contributed by atoms with Gasteiger partial charge in [0.25, 0.3) is 0 Å². The van der Waals surface area contributed by atoms with Crippen molar-refractivity contribution in [3.05, 3.63) is 84.4 Å². The topological polar surface area (TPSA) is 4.93 Å². The summed E-state index contributed by atoms with van der Waals surface area (Å²) in [4.78, 5) is 1.49. The largest absolute Gasteiger partial charge is 0.308 e. The van der Waals surface area contributed by atoms with E-state index in [1.54, 1.807) is 0 Å². The van der Waals surface area contributed by atoms with Gasteiger partial charge < -0.3 is 4.57 Å². The zero-order valence-electron chi connectivity index (χ0n) is 15.7. The van der Waals surface area contributed by atoms with Crippen LogP contribution in [0, 0.1) is 0 Å². The maximum absolute atomic E-state index is 2.49. The fourth-order valence-electron chi connectivity index (χ4n) is 4.86. The molecule has 0 saturated carbocycles. The summed E-state index contributed by atoms with van der Waals surface area (Å²) < 4.78 is 5.21. The molecule has 0 radical (unpaired) electrons. The number of para-hydroxylation sites is 1. The third-order valence-corrected chi connectivity index (χ3v) is 8.49. The van der Waals surface area contributed by atoms with E-state index in [1.165, 1.54) is 70.3 Å². The van der Waals surface area contributed by atoms with Crippen LogP contribution in [0.15, 0.2) is 83.8 Å². The second kappa shape index (κ2) is 5.88. The van der Waals surface area contributed by atoms with Crippen LogP contribution in [0.2, 0.25) is 0 Å². The Kier molecular flexibility index (Phi) is 3.26. The third kappa shape index (κ3) is 2.12. The normalized spacial score (nSPS) is 13.8. The predicted octanol–water partition coefficient (Wildman–Crippen LogP) is 7.80. The molecule has 0 N–H and O–H groups in total. The molecule has 6 aromatic rings. The molecule has 4 aromatic carbocycles. The first-order valence-electron chi connectivity index (χ1n) is 9.98. The van der Waals surface area contributed by atoms with Crippen LogP contribution in [0.5, 0.6) is 0 Å². The molecule has 0 amide bonds. The van der Waals surface area contributed by atoms with Crippen molar-refractivity contribution in [2.45, 2.75) is 11.3 Å². The van der Waals surface area contributed by atoms with Gasteiger partial charge in [-0.1, -0.05) is 54.6 Å². The fraction of sp³-hybridized carbons (Fsp3) is 0.0769. The van der Waals surface area contributed by atoms with Gasteiger partial charge in [0.15, 0.2) is 0 Å². The Morgan fingerprint density at radius 2 is 1.52 bits per heavy atom. The predicted molar refractivity (Wildman–Crippen MR) is 128 cm³/mol. The molecule has 0 fully saturated rings. The lowest BCUT2D eigenvalue weighted by molar-refractivity contribution is 1.15. The number of rotatable bonds is 1. The van der Waals surface area contributed by atoms with Crippen molar-refractivity contribution in [3.8, 4) is 5.69 Å². The minimum Gasteiger partial charge on any atom is -0.308 e. The first-order valence-corrected chi connectivity index (χ1v) is 11.8. The zero-order valence-corrected chi connectivity index (χ0v) is 17.3. The summed E-state index contributed by atoms with van der Waals surface area (Å²) in [5, 5.41) is 5.50. The maximum Gasteiger partial charge on any atom is 0.0640 e. The molecule has 0 bridgehead atoms. The number of fused-ring (bicyclic) bond motifs is 8. The van der Waals surface area contributed by atoms with Gasteiger partial charge in [0.05, 0.1) is 21.4 Å². The number of benzene rings is 4. The van der Waals surface area contributed by atoms with Crippen LogP contribution in [0.1, 0.15) is 5.56 Å². The molecule has 7 rings (SSSR count). The van der Waals surface area contributed by atoms with Crippen LogP contribution in [0.3, 0.4) is 0 Å². The van der Waals surface area contributed by atoms with E-state index in [-0.39, 0.29) is 0 Å². The highest BCUT2D eigenvalue weighted by Gasteiger charge is 2.22. The molecule has 2 aromatic heterocycles. The van der Waals surface area contributed by atoms with Crippen molar-refractivity contribution in [1.82, 2.24) is 4.57 Å². The molecule has 0 spiro atoms. The molecule has 138 valence electrons. The second-order valence-corrected chi connectivity index (χ2v) is 9.81. The second-order valence-electron chi connectivity index (χ2n) is 7.65. The number of aromatic nitrogens is 1. The average molecular weight is 408 g/mol. The van der Waals surface area contributed by atoms with Crippen molar-refractivity contribution >= 4 is 65.1 Å². The number of hydrogen-bond donors (Lipinski definition) is 0. The van der Waals surface area contributed by atoms with Crippen molar-refractivity contribution in [2.75, 3.05) is 5.75 Å². The molecule has 0 unspecified atom stereocenters. The number of thiophene rings is 1. The molecule has 29 heavy (non-hydrogen) atoms. The van der Waals surface area contributed by atoms with Gasteiger partial charge in [-0.2, -0.15) is 0 Å². The van der Waals surface area contributed by atoms with Crippen molar-refractivity contribution in [3.63, 3.8) is 0 Å². The lowest BCUT2D eigenvalue weighted by Gasteiger charge is -2.10. The zero-order chi connectivity index (χ0) is 18.9. The Labute approximate surface area is 176 Å². The Hall–Kier alpha value is -2.75. The molecule has 1 aliphatic heterocycles. The number of thioether (sulfide) groups is 1. The smallest absolute Gasteiger partial charge is 0.0640 e. The molecular weight excluding hydrogens is 390 g/mol. The minimum absolute atomic E-state index is 1.18. The minimum atomic E-state index is 1.18. The summed E-state index contributed by atoms with van der Waals surface area (Å²) in [6, 6.07) is 29.1. The number of nitrogens with zero attached hydrogens (tertiary/aromatic N) is 1. The Morgan fingerprint density at radius 1 is 0.690 bits per heavy atom. The van der Waals surface area contributed by atoms with Crippen LogP contribution < -0.4 is 0 Å². The highest BCUT2D eigenvalue weighted by atomic mass is 32.2. The molecule has 3 heterocycles. The summed E-state index contributed by atoms with van der Waals surface area (Å²) in [7, 11) is 0. The fourth-order valence-corrected chi connectivity index (χ4v) is 7.31. The molecule has 0 saturated heterocycles. The van der Waals surface area contributed by atoms with Crippen LogP contribution in [-0.2, 0) is 6.42 Å². The van der Waals surface area contributed by atoms with Gasteiger partial charge in [-0.15, -0.1) is 23.1 Å². The van der Waals surface area contributed by atoms with Gasteiger partial charge >= 0.3 is 0 Å². The van der Waals surface area contributed by atoms with E-state index in [0.717, 1.165) is 0 Å². The van der Waals surface area contributed by atoms with E-state index in [0.29, 0.717) is 0 Å². The first kappa shape index (κ1) is 16.1. The number of aryl methyl sites for hydroxylation is 1. The Bertz CT molecular complexity index is 1590. The van der Waals surface area contributed by atoms with Crippen LogP contribution >= 0.6 is 23.1 Å². The van der Waals surface area contributed by atoms with E-state index in [2.05, 4.69) is 83.4 Å². The van der Waals surface area contributed by atoms with Gasteiger partial charge in [0.2, 0.25) is 0 Å². The Morgan fingerprint density at radius 3 is 2.48 bits per heavy atom. The van der Waals surface area contributed by atoms with Gasteiger partial charge in [-0.05, 0) is 36.2 Å². The quantitative estimate of drug-likeness (QED) is 0.269. The monoisotopic (exact) mass is 407 g/mol. The van der Waals surface area contributed by atoms with Crippen LogP contribution in [0.25, 0.3) is 47.7 Å². The maximum atomic E-state index is 2.49. The summed E-state index contributed by atoms with van der Waals surface area (Å²) in [6.07, 6.45) is 1.18. The lowest BCUT2D eigenvalue weighted by Crippen LogP contribution is -1.94. The van der Waals surface area contributed by atoms with Crippen molar-refractivity contribution in [1.29, 1.82) is 0 Å². The molecule has 0 atom stereocenters. The highest BCUT2D eigenvalue weighted by Crippen LogP contribution is 2.45. The average Bonchev–Trinajstić information content (AvgIpc) is 3.46. The van der Waals surface area contributed by atoms with Crippen molar-refractivity contribution < 1.29 is 0 Å². The van der Waals surface area contributed by atoms with E-state index in [4.69, 9.17) is 0 Å². The summed E-state index contributed by atoms with van der Waals surface area (Å²) in [6.45, 7) is 0. The summed E-state index contributed by atoms with van der Waals surface area (Å²) in [5.41, 5.74) is 5.42. The third-order valence-electron chi connectivity index (χ3n) is 6.11. The van der Waals surface area contributed by atoms with Crippen LogP contribution in [0.4, 0.5) is 0 Å². The van der Waals surface area contributed by atoms with E-state index in [1.807, 2.05) is 23.1 Å². The van der Waals surface area contributed by atoms with Crippen molar-refractivity contribution in [2.24, 2.45) is 0 Å². The Balaban J connectivity index is 1.69. The standard InChI is InChI=1S/C26H17NS2/c1-3-9-20-19(7-1)24-21(13-12-16-14-15-28-25(16)24)27(20)22-10-5-8-18-17-6-2-4-11-23(17)29-26(18)22/h1-13H,14-15H2. The van der Waals surface area contributed by atoms with E-state index in [9.17, 15) is 0 Å². The van der Waals surface area contributed by atoms with Crippen LogP contribution in [-0.4, -0.2) is 10.3 Å². The number of hydrogen-bond acceptors (Lipinski definition) is 2. The lowest BCUT2D eigenvalue weighted by atomic mass is 10.1. The molecule has 1 nitrogen and oxygen atoms in total.